The second kappa shape index (κ2) is 3.43. The van der Waals surface area contributed by atoms with Crippen molar-refractivity contribution in [2.45, 2.75) is 50.7 Å². The van der Waals surface area contributed by atoms with Gasteiger partial charge in [-0.2, -0.15) is 0 Å². The van der Waals surface area contributed by atoms with Gasteiger partial charge in [0, 0.05) is 6.42 Å². The first-order valence-electron chi connectivity index (χ1n) is 4.82. The van der Waals surface area contributed by atoms with Crippen LogP contribution in [0.2, 0.25) is 0 Å². The zero-order valence-corrected chi connectivity index (χ0v) is 8.34. The zero-order chi connectivity index (χ0) is 10.3. The van der Waals surface area contributed by atoms with E-state index < -0.39 is 18.2 Å². The zero-order valence-electron chi connectivity index (χ0n) is 8.34. The Morgan fingerprint density at radius 3 is 2.71 bits per heavy atom. The Labute approximate surface area is 82.6 Å². The minimum atomic E-state index is -0.851. The van der Waals surface area contributed by atoms with Gasteiger partial charge in [0.2, 0.25) is 0 Å². The Bertz CT molecular complexity index is 201. The molecular weight excluding hydrogens is 188 g/mol. The highest BCUT2D eigenvalue weighted by molar-refractivity contribution is 4.87. The van der Waals surface area contributed by atoms with Gasteiger partial charge in [0.25, 0.3) is 0 Å². The molecule has 2 fully saturated rings. The van der Waals surface area contributed by atoms with Crippen LogP contribution in [0.25, 0.3) is 0 Å². The summed E-state index contributed by atoms with van der Waals surface area (Å²) in [4.78, 5) is 0. The number of hydrogen-bond donors (Lipinski definition) is 2. The fraction of sp³-hybridized carbons (Fsp3) is 1.00. The topological polar surface area (TPSA) is 68.2 Å². The molecule has 5 heteroatoms. The van der Waals surface area contributed by atoms with Crippen LogP contribution in [0.5, 0.6) is 0 Å². The monoisotopic (exact) mass is 204 g/mol. The standard InChI is InChI=1S/C9H16O5/c1-9(2)13-7-3-6(5(11)4-10)12-8(7)14-9/h5-8,10-11H,3-4H2,1-2H3/t5?,6-,7?,8+/m0/s1. The molecule has 0 saturated carbocycles. The van der Waals surface area contributed by atoms with Crippen molar-refractivity contribution in [1.82, 2.24) is 0 Å². The van der Waals surface area contributed by atoms with Gasteiger partial charge in [-0.3, -0.25) is 0 Å². The molecule has 2 rings (SSSR count). The summed E-state index contributed by atoms with van der Waals surface area (Å²) < 4.78 is 16.4. The van der Waals surface area contributed by atoms with Crippen molar-refractivity contribution >= 4 is 0 Å². The van der Waals surface area contributed by atoms with Gasteiger partial charge in [-0.15, -0.1) is 0 Å². The van der Waals surface area contributed by atoms with E-state index in [-0.39, 0.29) is 18.8 Å². The summed E-state index contributed by atoms with van der Waals surface area (Å²) in [5, 5.41) is 18.1. The first-order chi connectivity index (χ1) is 6.52. The summed E-state index contributed by atoms with van der Waals surface area (Å²) >= 11 is 0. The summed E-state index contributed by atoms with van der Waals surface area (Å²) in [5.41, 5.74) is 0. The van der Waals surface area contributed by atoms with Gasteiger partial charge >= 0.3 is 0 Å². The fourth-order valence-electron chi connectivity index (χ4n) is 1.90. The van der Waals surface area contributed by atoms with Crippen LogP contribution in [0.4, 0.5) is 0 Å². The third-order valence-corrected chi connectivity index (χ3v) is 2.53. The van der Waals surface area contributed by atoms with E-state index in [9.17, 15) is 5.11 Å². The maximum atomic E-state index is 9.36. The number of fused-ring (bicyclic) bond motifs is 1. The predicted octanol–water partition coefficient (Wildman–Crippen LogP) is -0.394. The number of aliphatic hydroxyl groups is 2. The molecule has 0 aromatic heterocycles. The maximum absolute atomic E-state index is 9.36. The summed E-state index contributed by atoms with van der Waals surface area (Å²) in [5.74, 6) is -0.607. The largest absolute Gasteiger partial charge is 0.394 e. The highest BCUT2D eigenvalue weighted by atomic mass is 16.8. The molecule has 14 heavy (non-hydrogen) atoms. The third kappa shape index (κ3) is 1.78. The Balaban J connectivity index is 1.93. The molecule has 0 radical (unpaired) electrons. The van der Waals surface area contributed by atoms with E-state index in [1.165, 1.54) is 0 Å². The summed E-state index contributed by atoms with van der Waals surface area (Å²) in [6, 6.07) is 0. The van der Waals surface area contributed by atoms with Crippen molar-refractivity contribution in [1.29, 1.82) is 0 Å². The van der Waals surface area contributed by atoms with Crippen LogP contribution < -0.4 is 0 Å². The number of hydrogen-bond acceptors (Lipinski definition) is 5. The number of ether oxygens (including phenoxy) is 3. The maximum Gasteiger partial charge on any atom is 0.187 e. The normalized spacial score (nSPS) is 42.4. The lowest BCUT2D eigenvalue weighted by Gasteiger charge is -2.22. The minimum absolute atomic E-state index is 0.129. The summed E-state index contributed by atoms with van der Waals surface area (Å²) in [7, 11) is 0. The lowest BCUT2D eigenvalue weighted by atomic mass is 10.1. The van der Waals surface area contributed by atoms with Gasteiger partial charge < -0.3 is 24.4 Å². The van der Waals surface area contributed by atoms with Crippen molar-refractivity contribution in [3.63, 3.8) is 0 Å². The van der Waals surface area contributed by atoms with E-state index in [0.29, 0.717) is 6.42 Å². The van der Waals surface area contributed by atoms with E-state index in [0.717, 1.165) is 0 Å². The Morgan fingerprint density at radius 2 is 2.14 bits per heavy atom. The first-order valence-corrected chi connectivity index (χ1v) is 4.82. The van der Waals surface area contributed by atoms with Crippen LogP contribution in [0.15, 0.2) is 0 Å². The predicted molar refractivity (Wildman–Crippen MR) is 46.4 cm³/mol. The number of rotatable bonds is 2. The number of aliphatic hydroxyl groups excluding tert-OH is 2. The van der Waals surface area contributed by atoms with Gasteiger partial charge in [0.15, 0.2) is 12.1 Å². The molecule has 82 valence electrons. The van der Waals surface area contributed by atoms with E-state index in [1.807, 2.05) is 13.8 Å². The van der Waals surface area contributed by atoms with E-state index in [1.54, 1.807) is 0 Å². The summed E-state index contributed by atoms with van der Waals surface area (Å²) in [6.07, 6.45) is -1.20. The van der Waals surface area contributed by atoms with Crippen LogP contribution in [0.1, 0.15) is 20.3 Å². The molecule has 2 N–H and O–H groups in total. The Kier molecular flexibility index (Phi) is 2.53. The minimum Gasteiger partial charge on any atom is -0.394 e. The molecule has 4 atom stereocenters. The van der Waals surface area contributed by atoms with E-state index >= 15 is 0 Å². The molecule has 0 amide bonds. The fourth-order valence-corrected chi connectivity index (χ4v) is 1.90. The van der Waals surface area contributed by atoms with Gasteiger partial charge in [0.1, 0.15) is 12.2 Å². The van der Waals surface area contributed by atoms with Crippen LogP contribution in [0, 0.1) is 0 Å². The van der Waals surface area contributed by atoms with Crippen LogP contribution in [-0.2, 0) is 14.2 Å². The smallest absolute Gasteiger partial charge is 0.187 e. The molecule has 0 spiro atoms. The Morgan fingerprint density at radius 1 is 1.43 bits per heavy atom. The summed E-state index contributed by atoms with van der Waals surface area (Å²) in [6.45, 7) is 3.35. The van der Waals surface area contributed by atoms with Gasteiger partial charge in [-0.05, 0) is 13.8 Å². The van der Waals surface area contributed by atoms with Gasteiger partial charge in [0.05, 0.1) is 12.7 Å². The molecular formula is C9H16O5. The molecule has 2 saturated heterocycles. The van der Waals surface area contributed by atoms with Crippen LogP contribution in [-0.4, -0.2) is 47.2 Å². The molecule has 0 bridgehead atoms. The van der Waals surface area contributed by atoms with Gasteiger partial charge in [-0.1, -0.05) is 0 Å². The average Bonchev–Trinajstić information content (AvgIpc) is 2.56. The van der Waals surface area contributed by atoms with Crippen molar-refractivity contribution in [3.05, 3.63) is 0 Å². The molecule has 0 aromatic rings. The van der Waals surface area contributed by atoms with E-state index in [2.05, 4.69) is 0 Å². The third-order valence-electron chi connectivity index (χ3n) is 2.53. The second-order valence-corrected chi connectivity index (χ2v) is 4.20. The molecule has 0 aromatic carbocycles. The lowest BCUT2D eigenvalue weighted by Crippen LogP contribution is -2.32. The molecule has 5 nitrogen and oxygen atoms in total. The molecule has 2 aliphatic rings. The Hall–Kier alpha value is -0.200. The molecule has 2 unspecified atom stereocenters. The van der Waals surface area contributed by atoms with E-state index in [4.69, 9.17) is 19.3 Å². The quantitative estimate of drug-likeness (QED) is 0.641. The van der Waals surface area contributed by atoms with Crippen molar-refractivity contribution in [2.75, 3.05) is 6.61 Å². The van der Waals surface area contributed by atoms with Crippen molar-refractivity contribution in [2.24, 2.45) is 0 Å². The molecule has 0 aliphatic carbocycles. The SMILES string of the molecule is CC1(C)OC2C[C@@H](C(O)CO)O[C@@H]2O1. The first kappa shape index (κ1) is 10.3. The second-order valence-electron chi connectivity index (χ2n) is 4.20. The van der Waals surface area contributed by atoms with Gasteiger partial charge in [-0.25, -0.2) is 0 Å². The van der Waals surface area contributed by atoms with Crippen LogP contribution >= 0.6 is 0 Å². The molecule has 2 heterocycles. The lowest BCUT2D eigenvalue weighted by molar-refractivity contribution is -0.215. The highest BCUT2D eigenvalue weighted by Crippen LogP contribution is 2.37. The van der Waals surface area contributed by atoms with Crippen molar-refractivity contribution < 1.29 is 24.4 Å². The van der Waals surface area contributed by atoms with Crippen LogP contribution in [0.3, 0.4) is 0 Å². The molecule has 2 aliphatic heterocycles. The average molecular weight is 204 g/mol. The highest BCUT2D eigenvalue weighted by Gasteiger charge is 2.49. The van der Waals surface area contributed by atoms with Crippen molar-refractivity contribution in [3.8, 4) is 0 Å².